The molecule has 1 heterocycles. The van der Waals surface area contributed by atoms with Gasteiger partial charge in [-0.3, -0.25) is 4.79 Å². The molecule has 0 aliphatic carbocycles. The lowest BCUT2D eigenvalue weighted by Crippen LogP contribution is -2.22. The summed E-state index contributed by atoms with van der Waals surface area (Å²) in [5, 5.41) is 15.5. The highest BCUT2D eigenvalue weighted by Gasteiger charge is 2.25. The lowest BCUT2D eigenvalue weighted by Gasteiger charge is -2.21. The van der Waals surface area contributed by atoms with E-state index in [-0.39, 0.29) is 5.78 Å². The van der Waals surface area contributed by atoms with Crippen molar-refractivity contribution < 1.29 is 9.53 Å². The van der Waals surface area contributed by atoms with E-state index in [0.29, 0.717) is 34.0 Å². The van der Waals surface area contributed by atoms with Gasteiger partial charge in [0.25, 0.3) is 0 Å². The number of pyridine rings is 1. The van der Waals surface area contributed by atoms with Gasteiger partial charge >= 0.3 is 0 Å². The van der Waals surface area contributed by atoms with Crippen molar-refractivity contribution in [1.29, 1.82) is 5.26 Å². The molecule has 3 rings (SSSR count). The standard InChI is InChI=1S/C24H22N4O2/c1-16(20-10-9-17(15-25)13-21(20)26-2)24(29)23(18-7-5-4-6-8-18)28-19-11-12-27-22(14-19)30-3/h4-14,23,26H,1H2,2-3H3,(H,27,28). The van der Waals surface area contributed by atoms with Crippen LogP contribution in [-0.4, -0.2) is 24.9 Å². The van der Waals surface area contributed by atoms with Crippen LogP contribution in [0.3, 0.4) is 0 Å². The van der Waals surface area contributed by atoms with E-state index in [1.165, 1.54) is 7.11 Å². The topological polar surface area (TPSA) is 87.0 Å². The van der Waals surface area contributed by atoms with Crippen molar-refractivity contribution in [2.45, 2.75) is 6.04 Å². The Hall–Kier alpha value is -4.11. The zero-order valence-corrected chi connectivity index (χ0v) is 16.8. The Bertz CT molecular complexity index is 1100. The van der Waals surface area contributed by atoms with Crippen molar-refractivity contribution in [2.75, 3.05) is 24.8 Å². The fourth-order valence-corrected chi connectivity index (χ4v) is 3.11. The molecule has 2 N–H and O–H groups in total. The van der Waals surface area contributed by atoms with E-state index in [1.807, 2.05) is 30.3 Å². The third kappa shape index (κ3) is 4.47. The molecular formula is C24H22N4O2. The maximum absolute atomic E-state index is 13.5. The van der Waals surface area contributed by atoms with Crippen LogP contribution in [0.5, 0.6) is 5.88 Å². The molecule has 30 heavy (non-hydrogen) atoms. The summed E-state index contributed by atoms with van der Waals surface area (Å²) in [6.07, 6.45) is 1.61. The Balaban J connectivity index is 1.98. The number of rotatable bonds is 8. The number of hydrogen-bond donors (Lipinski definition) is 2. The van der Waals surface area contributed by atoms with Gasteiger partial charge in [0.1, 0.15) is 6.04 Å². The summed E-state index contributed by atoms with van der Waals surface area (Å²) in [4.78, 5) is 17.6. The van der Waals surface area contributed by atoms with Gasteiger partial charge in [-0.2, -0.15) is 5.26 Å². The highest BCUT2D eigenvalue weighted by atomic mass is 16.5. The molecule has 0 bridgehead atoms. The number of carbonyl (C=O) groups excluding carboxylic acids is 1. The van der Waals surface area contributed by atoms with E-state index in [9.17, 15) is 4.79 Å². The van der Waals surface area contributed by atoms with Crippen LogP contribution in [-0.2, 0) is 4.79 Å². The fraction of sp³-hybridized carbons (Fsp3) is 0.125. The van der Waals surface area contributed by atoms with Gasteiger partial charge in [0.2, 0.25) is 5.88 Å². The predicted molar refractivity (Wildman–Crippen MR) is 118 cm³/mol. The molecule has 0 saturated carbocycles. The number of Topliss-reactive ketones (excluding diaryl/α,β-unsaturated/α-hetero) is 1. The van der Waals surface area contributed by atoms with Crippen LogP contribution in [0.15, 0.2) is 73.4 Å². The number of nitrogens with zero attached hydrogens (tertiary/aromatic N) is 2. The molecule has 6 heteroatoms. The molecule has 1 unspecified atom stereocenters. The van der Waals surface area contributed by atoms with Crippen LogP contribution >= 0.6 is 0 Å². The van der Waals surface area contributed by atoms with E-state index >= 15 is 0 Å². The van der Waals surface area contributed by atoms with Crippen molar-refractivity contribution in [3.63, 3.8) is 0 Å². The predicted octanol–water partition coefficient (Wildman–Crippen LogP) is 4.44. The average Bonchev–Trinajstić information content (AvgIpc) is 2.81. The van der Waals surface area contributed by atoms with E-state index in [2.05, 4.69) is 28.3 Å². The van der Waals surface area contributed by atoms with Crippen molar-refractivity contribution in [1.82, 2.24) is 4.98 Å². The molecule has 0 amide bonds. The Labute approximate surface area is 175 Å². The van der Waals surface area contributed by atoms with Gasteiger partial charge in [-0.25, -0.2) is 4.98 Å². The van der Waals surface area contributed by atoms with Crippen LogP contribution < -0.4 is 15.4 Å². The fourth-order valence-electron chi connectivity index (χ4n) is 3.11. The van der Waals surface area contributed by atoms with Crippen molar-refractivity contribution in [2.24, 2.45) is 0 Å². The van der Waals surface area contributed by atoms with Crippen LogP contribution in [0.2, 0.25) is 0 Å². The quantitative estimate of drug-likeness (QED) is 0.546. The number of aromatic nitrogens is 1. The van der Waals surface area contributed by atoms with E-state index < -0.39 is 6.04 Å². The third-order valence-corrected chi connectivity index (χ3v) is 4.69. The number of ether oxygens (including phenoxy) is 1. The molecule has 1 aromatic heterocycles. The maximum atomic E-state index is 13.5. The second-order valence-electron chi connectivity index (χ2n) is 6.54. The first kappa shape index (κ1) is 20.6. The normalized spacial score (nSPS) is 11.1. The lowest BCUT2D eigenvalue weighted by atomic mass is 9.92. The van der Waals surface area contributed by atoms with Gasteiger partial charge < -0.3 is 15.4 Å². The van der Waals surface area contributed by atoms with Crippen LogP contribution in [0, 0.1) is 11.3 Å². The average molecular weight is 398 g/mol. The van der Waals surface area contributed by atoms with Crippen molar-refractivity contribution in [3.8, 4) is 11.9 Å². The smallest absolute Gasteiger partial charge is 0.214 e. The number of hydrogen-bond acceptors (Lipinski definition) is 6. The minimum Gasteiger partial charge on any atom is -0.481 e. The van der Waals surface area contributed by atoms with E-state index in [1.54, 1.807) is 43.6 Å². The van der Waals surface area contributed by atoms with Crippen molar-refractivity contribution in [3.05, 3.63) is 90.1 Å². The lowest BCUT2D eigenvalue weighted by molar-refractivity contribution is -0.114. The maximum Gasteiger partial charge on any atom is 0.214 e. The molecule has 0 saturated heterocycles. The molecule has 0 fully saturated rings. The van der Waals surface area contributed by atoms with E-state index in [0.717, 1.165) is 5.56 Å². The number of methoxy groups -OCH3 is 1. The number of nitrogens with one attached hydrogen (secondary N) is 2. The Morgan fingerprint density at radius 2 is 1.93 bits per heavy atom. The number of benzene rings is 2. The summed E-state index contributed by atoms with van der Waals surface area (Å²) in [5.74, 6) is 0.265. The van der Waals surface area contributed by atoms with Gasteiger partial charge in [-0.05, 0) is 23.8 Å². The first-order valence-corrected chi connectivity index (χ1v) is 9.34. The summed E-state index contributed by atoms with van der Waals surface area (Å²) in [5.41, 5.74) is 3.67. The SMILES string of the molecule is C=C(C(=O)C(Nc1ccnc(OC)c1)c1ccccc1)c1ccc(C#N)cc1NC. The first-order chi connectivity index (χ1) is 14.6. The molecule has 1 atom stereocenters. The first-order valence-electron chi connectivity index (χ1n) is 9.34. The van der Waals surface area contributed by atoms with Crippen LogP contribution in [0.25, 0.3) is 5.57 Å². The summed E-state index contributed by atoms with van der Waals surface area (Å²) in [7, 11) is 3.28. The van der Waals surface area contributed by atoms with E-state index in [4.69, 9.17) is 10.00 Å². The molecule has 0 aliphatic heterocycles. The van der Waals surface area contributed by atoms with Gasteiger partial charge in [-0.1, -0.05) is 43.0 Å². The van der Waals surface area contributed by atoms with Crippen molar-refractivity contribution >= 4 is 22.7 Å². The Morgan fingerprint density at radius 3 is 2.60 bits per heavy atom. The highest BCUT2D eigenvalue weighted by molar-refractivity contribution is 6.24. The zero-order chi connectivity index (χ0) is 21.5. The van der Waals surface area contributed by atoms with Gasteiger partial charge in [0.15, 0.2) is 5.78 Å². The summed E-state index contributed by atoms with van der Waals surface area (Å²) in [6.45, 7) is 4.06. The van der Waals surface area contributed by atoms with Gasteiger partial charge in [-0.15, -0.1) is 0 Å². The monoisotopic (exact) mass is 398 g/mol. The second-order valence-corrected chi connectivity index (χ2v) is 6.54. The largest absolute Gasteiger partial charge is 0.481 e. The van der Waals surface area contributed by atoms with Crippen LogP contribution in [0.1, 0.15) is 22.7 Å². The minimum atomic E-state index is -0.661. The number of ketones is 1. The molecular weight excluding hydrogens is 376 g/mol. The zero-order valence-electron chi connectivity index (χ0n) is 16.8. The highest BCUT2D eigenvalue weighted by Crippen LogP contribution is 2.31. The summed E-state index contributed by atoms with van der Waals surface area (Å²) >= 11 is 0. The summed E-state index contributed by atoms with van der Waals surface area (Å²) in [6, 6.07) is 19.5. The number of carbonyl (C=O) groups is 1. The number of nitriles is 1. The molecule has 150 valence electrons. The molecule has 0 aliphatic rings. The second kappa shape index (κ2) is 9.39. The van der Waals surface area contributed by atoms with Gasteiger partial charge in [0.05, 0.1) is 18.7 Å². The number of anilines is 2. The Morgan fingerprint density at radius 1 is 1.17 bits per heavy atom. The molecule has 2 aromatic carbocycles. The Kier molecular flexibility index (Phi) is 6.46. The third-order valence-electron chi connectivity index (χ3n) is 4.69. The molecule has 0 radical (unpaired) electrons. The minimum absolute atomic E-state index is 0.182. The van der Waals surface area contributed by atoms with Gasteiger partial charge in [0, 0.05) is 41.8 Å². The summed E-state index contributed by atoms with van der Waals surface area (Å²) < 4.78 is 5.18. The van der Waals surface area contributed by atoms with Crippen LogP contribution in [0.4, 0.5) is 11.4 Å². The molecule has 3 aromatic rings. The molecule has 0 spiro atoms. The molecule has 6 nitrogen and oxygen atoms in total.